The van der Waals surface area contributed by atoms with Gasteiger partial charge in [-0.2, -0.15) is 0 Å². The van der Waals surface area contributed by atoms with Gasteiger partial charge in [0.25, 0.3) is 0 Å². The Hall–Kier alpha value is -1.85. The molecule has 0 saturated heterocycles. The third kappa shape index (κ3) is 4.33. The van der Waals surface area contributed by atoms with Crippen molar-refractivity contribution in [1.82, 2.24) is 0 Å². The van der Waals surface area contributed by atoms with Crippen LogP contribution in [0, 0.1) is 0 Å². The lowest BCUT2D eigenvalue weighted by atomic mass is 9.80. The molecule has 0 bridgehead atoms. The zero-order chi connectivity index (χ0) is 27.4. The van der Waals surface area contributed by atoms with Gasteiger partial charge in [0, 0.05) is 66.8 Å². The number of halogens is 2. The molecule has 0 spiro atoms. The second-order valence-corrected chi connectivity index (χ2v) is 13.9. The van der Waals surface area contributed by atoms with Crippen molar-refractivity contribution in [2.75, 3.05) is 22.9 Å². The summed E-state index contributed by atoms with van der Waals surface area (Å²) in [4.78, 5) is 19.5. The molecule has 5 rings (SSSR count). The van der Waals surface area contributed by atoms with Crippen LogP contribution in [0.25, 0.3) is 0 Å². The summed E-state index contributed by atoms with van der Waals surface area (Å²) in [6.45, 7) is 15.6. The molecule has 3 nitrogen and oxygen atoms in total. The molecular weight excluding hydrogens is 600 g/mol. The topological polar surface area (TPSA) is 23.6 Å². The number of benzene rings is 2. The maximum absolute atomic E-state index is 14.5. The summed E-state index contributed by atoms with van der Waals surface area (Å²) < 4.78 is 2.18. The van der Waals surface area contributed by atoms with Crippen LogP contribution in [0.4, 0.5) is 11.4 Å². The zero-order valence-corrected chi connectivity index (χ0v) is 26.9. The molecule has 2 aromatic carbocycles. The van der Waals surface area contributed by atoms with Gasteiger partial charge in [-0.05, 0) is 73.2 Å². The average molecular weight is 641 g/mol. The summed E-state index contributed by atoms with van der Waals surface area (Å²) in [6, 6.07) is 13.2. The minimum Gasteiger partial charge on any atom is -0.344 e. The molecule has 2 heterocycles. The standard InChI is InChI=1S/C33H40Br2N2O/c1-7-9-17-36-27-15-11-21(34)19-25(27)32(3,4)30(36)23-13-14-24(29(23)38)31-33(5,6)26-20-22(35)12-16-28(26)37(31)18-10-8-2/h11-12,15-16,19-20H,7-10,13-14,17-18H2,1-6H3/b30-23+,31-24+. The molecule has 0 aromatic heterocycles. The van der Waals surface area contributed by atoms with Crippen LogP contribution in [-0.2, 0) is 15.6 Å². The Bertz CT molecular complexity index is 1250. The van der Waals surface area contributed by atoms with Gasteiger partial charge < -0.3 is 9.80 Å². The van der Waals surface area contributed by atoms with E-state index < -0.39 is 0 Å². The maximum atomic E-state index is 14.5. The Morgan fingerprint density at radius 3 is 1.47 bits per heavy atom. The average Bonchev–Trinajstić information content (AvgIpc) is 3.41. The third-order valence-corrected chi connectivity index (χ3v) is 9.77. The van der Waals surface area contributed by atoms with Crippen LogP contribution in [0.3, 0.4) is 0 Å². The first-order valence-corrected chi connectivity index (χ1v) is 15.8. The lowest BCUT2D eigenvalue weighted by Crippen LogP contribution is -2.31. The van der Waals surface area contributed by atoms with Crippen LogP contribution in [0.5, 0.6) is 0 Å². The number of ketones is 1. The number of unbranched alkanes of at least 4 members (excludes halogenated alkanes) is 2. The molecule has 1 aliphatic carbocycles. The first-order chi connectivity index (χ1) is 18.0. The second-order valence-electron chi connectivity index (χ2n) is 12.1. The Balaban J connectivity index is 1.67. The minimum atomic E-state index is -0.223. The van der Waals surface area contributed by atoms with E-state index in [0.717, 1.165) is 71.7 Å². The molecular formula is C33H40Br2N2O. The van der Waals surface area contributed by atoms with E-state index in [2.05, 4.69) is 120 Å². The number of anilines is 2. The minimum absolute atomic E-state index is 0.223. The molecule has 2 aromatic rings. The van der Waals surface area contributed by atoms with E-state index in [1.165, 1.54) is 33.9 Å². The predicted molar refractivity (Wildman–Crippen MR) is 167 cm³/mol. The number of nitrogens with zero attached hydrogens (tertiary/aromatic N) is 2. The van der Waals surface area contributed by atoms with Gasteiger partial charge >= 0.3 is 0 Å². The number of hydrogen-bond acceptors (Lipinski definition) is 3. The summed E-state index contributed by atoms with van der Waals surface area (Å²) in [5.74, 6) is 0.262. The van der Waals surface area contributed by atoms with E-state index in [9.17, 15) is 4.79 Å². The highest BCUT2D eigenvalue weighted by molar-refractivity contribution is 9.10. The Morgan fingerprint density at radius 2 is 1.11 bits per heavy atom. The largest absolute Gasteiger partial charge is 0.344 e. The van der Waals surface area contributed by atoms with Crippen LogP contribution in [-0.4, -0.2) is 18.9 Å². The lowest BCUT2D eigenvalue weighted by Gasteiger charge is -2.30. The monoisotopic (exact) mass is 638 g/mol. The molecule has 202 valence electrons. The van der Waals surface area contributed by atoms with E-state index in [1.807, 2.05) is 0 Å². The van der Waals surface area contributed by atoms with Crippen LogP contribution >= 0.6 is 31.9 Å². The molecule has 1 saturated carbocycles. The van der Waals surface area contributed by atoms with E-state index in [-0.39, 0.29) is 16.6 Å². The van der Waals surface area contributed by atoms with Crippen molar-refractivity contribution in [2.24, 2.45) is 0 Å². The first-order valence-electron chi connectivity index (χ1n) is 14.2. The molecule has 0 N–H and O–H groups in total. The number of rotatable bonds is 6. The summed E-state index contributed by atoms with van der Waals surface area (Å²) in [5.41, 5.74) is 9.15. The predicted octanol–water partition coefficient (Wildman–Crippen LogP) is 9.58. The van der Waals surface area contributed by atoms with Gasteiger partial charge in [0.2, 0.25) is 0 Å². The molecule has 3 aliphatic rings. The molecule has 0 atom stereocenters. The number of carbonyl (C=O) groups is 1. The van der Waals surface area contributed by atoms with Crippen LogP contribution in [0.1, 0.15) is 91.2 Å². The highest BCUT2D eigenvalue weighted by atomic mass is 79.9. The van der Waals surface area contributed by atoms with Crippen molar-refractivity contribution in [3.05, 3.63) is 79.0 Å². The molecule has 0 unspecified atom stereocenters. The Labute approximate surface area is 245 Å². The van der Waals surface area contributed by atoms with Gasteiger partial charge in [0.05, 0.1) is 0 Å². The number of carbonyl (C=O) groups excluding carboxylic acids is 1. The van der Waals surface area contributed by atoms with Gasteiger partial charge in [-0.1, -0.05) is 86.2 Å². The number of hydrogen-bond donors (Lipinski definition) is 0. The molecule has 38 heavy (non-hydrogen) atoms. The molecule has 0 amide bonds. The first kappa shape index (κ1) is 27.7. The maximum Gasteiger partial charge on any atom is 0.188 e. The van der Waals surface area contributed by atoms with Crippen molar-refractivity contribution in [1.29, 1.82) is 0 Å². The van der Waals surface area contributed by atoms with E-state index in [4.69, 9.17) is 0 Å². The van der Waals surface area contributed by atoms with Crippen LogP contribution in [0.2, 0.25) is 0 Å². The van der Waals surface area contributed by atoms with Crippen molar-refractivity contribution in [2.45, 2.75) is 90.9 Å². The summed E-state index contributed by atoms with van der Waals surface area (Å²) in [7, 11) is 0. The number of allylic oxidation sites excluding steroid dienone is 4. The molecule has 0 radical (unpaired) electrons. The molecule has 1 fully saturated rings. The highest BCUT2D eigenvalue weighted by Crippen LogP contribution is 2.55. The van der Waals surface area contributed by atoms with Crippen LogP contribution in [0.15, 0.2) is 67.9 Å². The SMILES string of the molecule is CCCCN1/C(=C2\CC/C(=C3\N(CCCC)c4ccc(Br)cc4C3(C)C)C2=O)C(C)(C)c2cc(Br)ccc21. The lowest BCUT2D eigenvalue weighted by molar-refractivity contribution is -0.111. The van der Waals surface area contributed by atoms with Gasteiger partial charge in [-0.15, -0.1) is 0 Å². The van der Waals surface area contributed by atoms with Gasteiger partial charge in [-0.3, -0.25) is 4.79 Å². The fraction of sp³-hybridized carbons (Fsp3) is 0.485. The van der Waals surface area contributed by atoms with Crippen molar-refractivity contribution in [3.8, 4) is 0 Å². The summed E-state index contributed by atoms with van der Waals surface area (Å²) in [6.07, 6.45) is 6.09. The Morgan fingerprint density at radius 1 is 0.711 bits per heavy atom. The number of fused-ring (bicyclic) bond motifs is 2. The fourth-order valence-electron chi connectivity index (χ4n) is 6.95. The van der Waals surface area contributed by atoms with E-state index in [1.54, 1.807) is 0 Å². The van der Waals surface area contributed by atoms with Crippen molar-refractivity contribution >= 4 is 49.0 Å². The normalized spacial score (nSPS) is 23.4. The van der Waals surface area contributed by atoms with E-state index in [0.29, 0.717) is 0 Å². The quantitative estimate of drug-likeness (QED) is 0.294. The molecule has 5 heteroatoms. The van der Waals surface area contributed by atoms with Gasteiger partial charge in [0.1, 0.15) is 0 Å². The van der Waals surface area contributed by atoms with Crippen LogP contribution < -0.4 is 9.80 Å². The summed E-state index contributed by atoms with van der Waals surface area (Å²) in [5, 5.41) is 0. The highest BCUT2D eigenvalue weighted by Gasteiger charge is 2.48. The smallest absolute Gasteiger partial charge is 0.188 e. The molecule has 2 aliphatic heterocycles. The summed E-state index contributed by atoms with van der Waals surface area (Å²) >= 11 is 7.40. The number of Topliss-reactive ketones (excluding diaryl/α,β-unsaturated/α-hetero) is 1. The van der Waals surface area contributed by atoms with Crippen molar-refractivity contribution < 1.29 is 4.79 Å². The third-order valence-electron chi connectivity index (χ3n) is 8.78. The Kier molecular flexibility index (Phi) is 7.49. The fourth-order valence-corrected chi connectivity index (χ4v) is 7.67. The van der Waals surface area contributed by atoms with E-state index >= 15 is 0 Å². The van der Waals surface area contributed by atoms with Crippen molar-refractivity contribution in [3.63, 3.8) is 0 Å². The van der Waals surface area contributed by atoms with Gasteiger partial charge in [-0.25, -0.2) is 0 Å². The zero-order valence-electron chi connectivity index (χ0n) is 23.7. The second kappa shape index (κ2) is 10.3. The van der Waals surface area contributed by atoms with Gasteiger partial charge in [0.15, 0.2) is 5.78 Å².